The third kappa shape index (κ3) is 2.50. The van der Waals surface area contributed by atoms with E-state index in [0.29, 0.717) is 29.8 Å². The molecule has 0 radical (unpaired) electrons. The number of benzene rings is 1. The molecule has 1 amide bonds. The molecule has 0 unspecified atom stereocenters. The van der Waals surface area contributed by atoms with Gasteiger partial charge in [0.05, 0.1) is 10.2 Å². The quantitative estimate of drug-likeness (QED) is 0.735. The monoisotopic (exact) mass is 329 g/mol. The van der Waals surface area contributed by atoms with Crippen LogP contribution in [0.2, 0.25) is 0 Å². The van der Waals surface area contributed by atoms with Gasteiger partial charge in [-0.15, -0.1) is 0 Å². The molecule has 3 aromatic rings. The predicted octanol–water partition coefficient (Wildman–Crippen LogP) is 1.69. The van der Waals surface area contributed by atoms with E-state index in [0.717, 1.165) is 10.2 Å². The van der Waals surface area contributed by atoms with Crippen molar-refractivity contribution < 1.29 is 14.3 Å². The number of fused-ring (bicyclic) bond motifs is 2. The molecule has 0 bridgehead atoms. The largest absolute Gasteiger partial charge is 0.486 e. The van der Waals surface area contributed by atoms with Crippen molar-refractivity contribution in [2.45, 2.75) is 0 Å². The second kappa shape index (κ2) is 5.36. The lowest BCUT2D eigenvalue weighted by molar-refractivity contribution is 0.102. The number of hydrogen-bond acceptors (Lipinski definition) is 8. The van der Waals surface area contributed by atoms with E-state index in [-0.39, 0.29) is 11.5 Å². The number of ether oxygens (including phenoxy) is 2. The molecule has 23 heavy (non-hydrogen) atoms. The Labute approximate surface area is 134 Å². The van der Waals surface area contributed by atoms with E-state index in [9.17, 15) is 4.79 Å². The maximum Gasteiger partial charge on any atom is 0.279 e. The number of carbonyl (C=O) groups excluding carboxylic acids is 1. The third-order valence-electron chi connectivity index (χ3n) is 3.21. The fourth-order valence-electron chi connectivity index (χ4n) is 2.20. The standard InChI is InChI=1S/C14H11N5O3S/c15-12-11(16-1-2-17-12)13(20)19-14-18-7-5-8-9(6-10(7)23-14)22-4-3-21-8/h1-2,5-6H,3-4H2,(H2,15,17)(H,18,19,20). The van der Waals surface area contributed by atoms with Gasteiger partial charge in [0.1, 0.15) is 13.2 Å². The van der Waals surface area contributed by atoms with Crippen LogP contribution in [-0.4, -0.2) is 34.1 Å². The van der Waals surface area contributed by atoms with Crippen LogP contribution < -0.4 is 20.5 Å². The van der Waals surface area contributed by atoms with E-state index in [1.54, 1.807) is 6.07 Å². The summed E-state index contributed by atoms with van der Waals surface area (Å²) in [5, 5.41) is 3.13. The Balaban J connectivity index is 1.64. The number of hydrogen-bond donors (Lipinski definition) is 2. The van der Waals surface area contributed by atoms with Crippen LogP contribution in [0.5, 0.6) is 11.5 Å². The molecule has 3 N–H and O–H groups in total. The summed E-state index contributed by atoms with van der Waals surface area (Å²) in [5.74, 6) is 0.962. The molecule has 0 spiro atoms. The van der Waals surface area contributed by atoms with E-state index < -0.39 is 5.91 Å². The van der Waals surface area contributed by atoms with Crippen molar-refractivity contribution in [1.29, 1.82) is 0 Å². The zero-order valence-corrected chi connectivity index (χ0v) is 12.6. The molecule has 116 valence electrons. The van der Waals surface area contributed by atoms with Crippen LogP contribution >= 0.6 is 11.3 Å². The van der Waals surface area contributed by atoms with Crippen molar-refractivity contribution in [2.24, 2.45) is 0 Å². The minimum atomic E-state index is -0.452. The number of nitrogens with one attached hydrogen (secondary N) is 1. The summed E-state index contributed by atoms with van der Waals surface area (Å²) in [4.78, 5) is 24.3. The molecule has 4 rings (SSSR count). The Hall–Kier alpha value is -2.94. The summed E-state index contributed by atoms with van der Waals surface area (Å²) in [5.41, 5.74) is 6.44. The van der Waals surface area contributed by atoms with Crippen molar-refractivity contribution in [3.63, 3.8) is 0 Å². The first-order chi connectivity index (χ1) is 11.2. The van der Waals surface area contributed by atoms with Gasteiger partial charge < -0.3 is 15.2 Å². The zero-order chi connectivity index (χ0) is 15.8. The SMILES string of the molecule is Nc1nccnc1C(=O)Nc1nc2cc3c(cc2s1)OCCO3. The summed E-state index contributed by atoms with van der Waals surface area (Å²) in [6.45, 7) is 1.03. The number of nitrogen functional groups attached to an aromatic ring is 1. The number of nitrogens with zero attached hydrogens (tertiary/aromatic N) is 3. The molecule has 8 nitrogen and oxygen atoms in total. The van der Waals surface area contributed by atoms with E-state index >= 15 is 0 Å². The number of anilines is 2. The Morgan fingerprint density at radius 1 is 1.17 bits per heavy atom. The third-order valence-corrected chi connectivity index (χ3v) is 4.15. The van der Waals surface area contributed by atoms with Gasteiger partial charge >= 0.3 is 0 Å². The molecule has 1 aliphatic rings. The number of rotatable bonds is 2. The van der Waals surface area contributed by atoms with Gasteiger partial charge in [-0.1, -0.05) is 11.3 Å². The number of carbonyl (C=O) groups is 1. The molecule has 9 heteroatoms. The van der Waals surface area contributed by atoms with Crippen molar-refractivity contribution in [3.8, 4) is 11.5 Å². The fraction of sp³-hybridized carbons (Fsp3) is 0.143. The van der Waals surface area contributed by atoms with E-state index in [4.69, 9.17) is 15.2 Å². The number of nitrogens with two attached hydrogens (primary N) is 1. The van der Waals surface area contributed by atoms with Crippen LogP contribution in [0.15, 0.2) is 24.5 Å². The normalized spacial score (nSPS) is 13.0. The first-order valence-electron chi connectivity index (χ1n) is 6.79. The zero-order valence-electron chi connectivity index (χ0n) is 11.8. The summed E-state index contributed by atoms with van der Waals surface area (Å²) in [6, 6.07) is 3.65. The van der Waals surface area contributed by atoms with Crippen LogP contribution in [0, 0.1) is 0 Å². The molecule has 0 fully saturated rings. The van der Waals surface area contributed by atoms with Gasteiger partial charge in [0.25, 0.3) is 5.91 Å². The predicted molar refractivity (Wildman–Crippen MR) is 85.0 cm³/mol. The lowest BCUT2D eigenvalue weighted by Crippen LogP contribution is -2.16. The summed E-state index contributed by atoms with van der Waals surface area (Å²) in [6.07, 6.45) is 2.83. The van der Waals surface area contributed by atoms with Crippen molar-refractivity contribution in [1.82, 2.24) is 15.0 Å². The molecule has 0 aliphatic carbocycles. The Morgan fingerprint density at radius 3 is 2.70 bits per heavy atom. The lowest BCUT2D eigenvalue weighted by atomic mass is 10.3. The highest BCUT2D eigenvalue weighted by atomic mass is 32.1. The maximum absolute atomic E-state index is 12.2. The molecule has 2 aromatic heterocycles. The van der Waals surface area contributed by atoms with Crippen molar-refractivity contribution in [2.75, 3.05) is 24.3 Å². The van der Waals surface area contributed by atoms with Gasteiger partial charge in [0.2, 0.25) is 0 Å². The number of thiazole rings is 1. The Kier molecular flexibility index (Phi) is 3.19. The number of amides is 1. The summed E-state index contributed by atoms with van der Waals surface area (Å²) >= 11 is 1.33. The van der Waals surface area contributed by atoms with Gasteiger partial charge in [-0.3, -0.25) is 10.1 Å². The summed E-state index contributed by atoms with van der Waals surface area (Å²) in [7, 11) is 0. The van der Waals surface area contributed by atoms with Crippen LogP contribution in [0.4, 0.5) is 10.9 Å². The minimum absolute atomic E-state index is 0.0673. The first kappa shape index (κ1) is 13.7. The minimum Gasteiger partial charge on any atom is -0.486 e. The average Bonchev–Trinajstić information content (AvgIpc) is 2.93. The smallest absolute Gasteiger partial charge is 0.279 e. The highest BCUT2D eigenvalue weighted by Gasteiger charge is 2.17. The molecule has 3 heterocycles. The second-order valence-corrected chi connectivity index (χ2v) is 5.76. The van der Waals surface area contributed by atoms with Gasteiger partial charge in [-0.25, -0.2) is 15.0 Å². The van der Waals surface area contributed by atoms with Crippen molar-refractivity contribution in [3.05, 3.63) is 30.2 Å². The van der Waals surface area contributed by atoms with Crippen LogP contribution in [0.25, 0.3) is 10.2 Å². The molecule has 1 aromatic carbocycles. The Morgan fingerprint density at radius 2 is 1.91 bits per heavy atom. The van der Waals surface area contributed by atoms with E-state index in [2.05, 4.69) is 20.3 Å². The topological polar surface area (TPSA) is 112 Å². The average molecular weight is 329 g/mol. The van der Waals surface area contributed by atoms with Gasteiger partial charge in [-0.2, -0.15) is 0 Å². The first-order valence-corrected chi connectivity index (χ1v) is 7.60. The highest BCUT2D eigenvalue weighted by molar-refractivity contribution is 7.22. The molecular weight excluding hydrogens is 318 g/mol. The van der Waals surface area contributed by atoms with E-state index in [1.807, 2.05) is 6.07 Å². The van der Waals surface area contributed by atoms with Gasteiger partial charge in [0, 0.05) is 24.5 Å². The number of aromatic nitrogens is 3. The lowest BCUT2D eigenvalue weighted by Gasteiger charge is -2.17. The molecule has 0 saturated carbocycles. The van der Waals surface area contributed by atoms with E-state index in [1.165, 1.54) is 23.7 Å². The van der Waals surface area contributed by atoms with Crippen molar-refractivity contribution >= 4 is 38.4 Å². The summed E-state index contributed by atoms with van der Waals surface area (Å²) < 4.78 is 11.9. The van der Waals surface area contributed by atoms with Gasteiger partial charge in [-0.05, 0) is 0 Å². The Bertz CT molecular complexity index is 868. The molecule has 0 atom stereocenters. The fourth-order valence-corrected chi connectivity index (χ4v) is 3.07. The molecular formula is C14H11N5O3S. The van der Waals surface area contributed by atoms with Crippen LogP contribution in [0.3, 0.4) is 0 Å². The molecule has 0 saturated heterocycles. The molecule has 1 aliphatic heterocycles. The maximum atomic E-state index is 12.2. The van der Waals surface area contributed by atoms with Gasteiger partial charge in [0.15, 0.2) is 28.1 Å². The second-order valence-electron chi connectivity index (χ2n) is 4.73. The van der Waals surface area contributed by atoms with Crippen LogP contribution in [0.1, 0.15) is 10.5 Å². The highest BCUT2D eigenvalue weighted by Crippen LogP contribution is 2.37. The van der Waals surface area contributed by atoms with Crippen LogP contribution in [-0.2, 0) is 0 Å².